The topological polar surface area (TPSA) is 86.1 Å². The molecule has 0 bridgehead atoms. The Morgan fingerprint density at radius 2 is 2.03 bits per heavy atom. The van der Waals surface area contributed by atoms with Gasteiger partial charge in [-0.1, -0.05) is 6.07 Å². The van der Waals surface area contributed by atoms with Crippen LogP contribution in [0.3, 0.4) is 0 Å². The van der Waals surface area contributed by atoms with Crippen LogP contribution in [-0.2, 0) is 11.8 Å². The second-order valence-electron chi connectivity index (χ2n) is 6.49. The number of rotatable bonds is 4. The maximum absolute atomic E-state index is 12.8. The van der Waals surface area contributed by atoms with Crippen LogP contribution in [0.5, 0.6) is 0 Å². The van der Waals surface area contributed by atoms with Crippen molar-refractivity contribution in [1.82, 2.24) is 14.5 Å². The van der Waals surface area contributed by atoms with Crippen LogP contribution in [0, 0.1) is 6.92 Å². The molecular formula is C21H18N4O3S. The molecule has 8 heteroatoms. The van der Waals surface area contributed by atoms with Crippen LogP contribution in [0.4, 0.5) is 5.69 Å². The summed E-state index contributed by atoms with van der Waals surface area (Å²) in [6, 6.07) is 10.5. The summed E-state index contributed by atoms with van der Waals surface area (Å²) in [6.45, 7) is 1.81. The zero-order valence-corrected chi connectivity index (χ0v) is 16.9. The summed E-state index contributed by atoms with van der Waals surface area (Å²) in [4.78, 5) is 34.0. The van der Waals surface area contributed by atoms with Gasteiger partial charge in [-0.3, -0.25) is 4.79 Å². The molecule has 146 valence electrons. The van der Waals surface area contributed by atoms with Crippen molar-refractivity contribution < 1.29 is 14.3 Å². The summed E-state index contributed by atoms with van der Waals surface area (Å²) in [5, 5.41) is 4.58. The van der Waals surface area contributed by atoms with Crippen molar-refractivity contribution in [1.29, 1.82) is 0 Å². The Hall–Kier alpha value is -3.52. The Bertz CT molecular complexity index is 1240. The Labute approximate surface area is 171 Å². The van der Waals surface area contributed by atoms with Crippen LogP contribution in [0.1, 0.15) is 25.7 Å². The molecule has 3 aromatic heterocycles. The first-order chi connectivity index (χ1) is 14.0. The van der Waals surface area contributed by atoms with Crippen LogP contribution in [-0.4, -0.2) is 33.5 Å². The first kappa shape index (κ1) is 18.8. The number of fused-ring (bicyclic) bond motifs is 1. The number of pyridine rings is 1. The minimum Gasteiger partial charge on any atom is -0.465 e. The average Bonchev–Trinajstić information content (AvgIpc) is 3.28. The average molecular weight is 406 g/mol. The highest BCUT2D eigenvalue weighted by molar-refractivity contribution is 7.17. The van der Waals surface area contributed by atoms with E-state index in [0.29, 0.717) is 21.8 Å². The van der Waals surface area contributed by atoms with Gasteiger partial charge in [0.05, 0.1) is 18.4 Å². The summed E-state index contributed by atoms with van der Waals surface area (Å²) in [5.74, 6) is -0.728. The third-order valence-electron chi connectivity index (χ3n) is 4.51. The third-order valence-corrected chi connectivity index (χ3v) is 5.70. The maximum Gasteiger partial charge on any atom is 0.337 e. The normalized spacial score (nSPS) is 10.9. The van der Waals surface area contributed by atoms with E-state index in [0.717, 1.165) is 21.6 Å². The fourth-order valence-corrected chi connectivity index (χ4v) is 4.12. The van der Waals surface area contributed by atoms with Gasteiger partial charge in [-0.15, -0.1) is 11.3 Å². The number of carbonyl (C=O) groups is 2. The predicted octanol–water partition coefficient (Wildman–Crippen LogP) is 4.04. The Morgan fingerprint density at radius 3 is 2.83 bits per heavy atom. The molecule has 1 amide bonds. The van der Waals surface area contributed by atoms with Crippen molar-refractivity contribution in [2.75, 3.05) is 12.4 Å². The lowest BCUT2D eigenvalue weighted by atomic mass is 10.2. The SMILES string of the molecule is COC(=O)c1cccc(NC(=O)c2sc(-c3cn(C)c4ncccc34)nc2C)c1. The van der Waals surface area contributed by atoms with E-state index in [4.69, 9.17) is 4.74 Å². The molecule has 0 spiro atoms. The van der Waals surface area contributed by atoms with Crippen molar-refractivity contribution in [2.24, 2.45) is 7.05 Å². The Balaban J connectivity index is 1.64. The lowest BCUT2D eigenvalue weighted by Crippen LogP contribution is -2.12. The highest BCUT2D eigenvalue weighted by atomic mass is 32.1. The van der Waals surface area contributed by atoms with Crippen LogP contribution in [0.25, 0.3) is 21.6 Å². The number of esters is 1. The zero-order valence-electron chi connectivity index (χ0n) is 16.1. The summed E-state index contributed by atoms with van der Waals surface area (Å²) in [5.41, 5.74) is 3.33. The molecule has 0 saturated carbocycles. The quantitative estimate of drug-likeness (QED) is 0.517. The van der Waals surface area contributed by atoms with Crippen LogP contribution in [0.15, 0.2) is 48.8 Å². The molecule has 0 aliphatic heterocycles. The predicted molar refractivity (Wildman–Crippen MR) is 112 cm³/mol. The van der Waals surface area contributed by atoms with E-state index in [2.05, 4.69) is 15.3 Å². The van der Waals surface area contributed by atoms with Gasteiger partial charge < -0.3 is 14.6 Å². The van der Waals surface area contributed by atoms with Gasteiger partial charge in [0.2, 0.25) is 0 Å². The van der Waals surface area contributed by atoms with Gasteiger partial charge in [0, 0.05) is 36.1 Å². The number of hydrogen-bond acceptors (Lipinski definition) is 6. The Kier molecular flexibility index (Phi) is 4.85. The van der Waals surface area contributed by atoms with Crippen molar-refractivity contribution in [3.8, 4) is 10.6 Å². The number of nitrogens with zero attached hydrogens (tertiary/aromatic N) is 3. The van der Waals surface area contributed by atoms with E-state index in [1.54, 1.807) is 30.5 Å². The van der Waals surface area contributed by atoms with Gasteiger partial charge in [0.25, 0.3) is 5.91 Å². The number of hydrogen-bond donors (Lipinski definition) is 1. The van der Waals surface area contributed by atoms with Gasteiger partial charge >= 0.3 is 5.97 Å². The molecule has 7 nitrogen and oxygen atoms in total. The standard InChI is InChI=1S/C21H18N4O3S/c1-12-17(19(26)24-14-7-4-6-13(10-14)21(27)28-3)29-20(23-12)16-11-25(2)18-15(16)8-5-9-22-18/h4-11H,1-3H3,(H,24,26). The number of thiazole rings is 1. The molecule has 0 atom stereocenters. The lowest BCUT2D eigenvalue weighted by Gasteiger charge is -2.06. The lowest BCUT2D eigenvalue weighted by molar-refractivity contribution is 0.0600. The molecule has 1 aromatic carbocycles. The van der Waals surface area contributed by atoms with Crippen molar-refractivity contribution in [3.05, 3.63) is 64.9 Å². The van der Waals surface area contributed by atoms with Crippen LogP contribution in [0.2, 0.25) is 0 Å². The molecule has 3 heterocycles. The molecule has 0 saturated heterocycles. The summed E-state index contributed by atoms with van der Waals surface area (Å²) in [7, 11) is 3.25. The highest BCUT2D eigenvalue weighted by Gasteiger charge is 2.19. The second kappa shape index (κ2) is 7.48. The molecule has 0 aliphatic rings. The largest absolute Gasteiger partial charge is 0.465 e. The van der Waals surface area contributed by atoms with Crippen LogP contribution >= 0.6 is 11.3 Å². The van der Waals surface area contributed by atoms with E-state index in [1.807, 2.05) is 36.9 Å². The van der Waals surface area contributed by atoms with E-state index in [-0.39, 0.29) is 5.91 Å². The number of anilines is 1. The fraction of sp³-hybridized carbons (Fsp3) is 0.143. The van der Waals surface area contributed by atoms with Gasteiger partial charge in [-0.25, -0.2) is 14.8 Å². The number of methoxy groups -OCH3 is 1. The monoisotopic (exact) mass is 406 g/mol. The number of ether oxygens (including phenoxy) is 1. The number of aromatic nitrogens is 3. The van der Waals surface area contributed by atoms with E-state index < -0.39 is 5.97 Å². The number of nitrogens with one attached hydrogen (secondary N) is 1. The van der Waals surface area contributed by atoms with Gasteiger partial charge in [-0.2, -0.15) is 0 Å². The second-order valence-corrected chi connectivity index (χ2v) is 7.49. The minimum atomic E-state index is -0.457. The molecule has 0 unspecified atom stereocenters. The number of carbonyl (C=O) groups excluding carboxylic acids is 2. The van der Waals surface area contributed by atoms with E-state index in [9.17, 15) is 9.59 Å². The van der Waals surface area contributed by atoms with Crippen molar-refractivity contribution >= 4 is 39.9 Å². The molecular weight excluding hydrogens is 388 g/mol. The molecule has 29 heavy (non-hydrogen) atoms. The smallest absolute Gasteiger partial charge is 0.337 e. The Morgan fingerprint density at radius 1 is 1.21 bits per heavy atom. The fourth-order valence-electron chi connectivity index (χ4n) is 3.13. The first-order valence-corrected chi connectivity index (χ1v) is 9.67. The molecule has 0 fully saturated rings. The third kappa shape index (κ3) is 3.50. The van der Waals surface area contributed by atoms with Gasteiger partial charge in [-0.05, 0) is 37.3 Å². The summed E-state index contributed by atoms with van der Waals surface area (Å²) < 4.78 is 6.67. The maximum atomic E-state index is 12.8. The highest BCUT2D eigenvalue weighted by Crippen LogP contribution is 2.34. The number of aryl methyl sites for hydroxylation is 2. The molecule has 0 radical (unpaired) electrons. The van der Waals surface area contributed by atoms with E-state index >= 15 is 0 Å². The van der Waals surface area contributed by atoms with Crippen molar-refractivity contribution in [2.45, 2.75) is 6.92 Å². The van der Waals surface area contributed by atoms with E-state index in [1.165, 1.54) is 18.4 Å². The molecule has 4 aromatic rings. The molecule has 4 rings (SSSR count). The molecule has 0 aliphatic carbocycles. The first-order valence-electron chi connectivity index (χ1n) is 8.85. The summed E-state index contributed by atoms with van der Waals surface area (Å²) >= 11 is 1.33. The molecule has 1 N–H and O–H groups in total. The zero-order chi connectivity index (χ0) is 20.5. The van der Waals surface area contributed by atoms with Crippen molar-refractivity contribution in [3.63, 3.8) is 0 Å². The summed E-state index contributed by atoms with van der Waals surface area (Å²) in [6.07, 6.45) is 3.72. The van der Waals surface area contributed by atoms with Gasteiger partial charge in [0.1, 0.15) is 15.5 Å². The van der Waals surface area contributed by atoms with Gasteiger partial charge in [0.15, 0.2) is 0 Å². The number of benzene rings is 1. The minimum absolute atomic E-state index is 0.272. The van der Waals surface area contributed by atoms with Crippen LogP contribution < -0.4 is 5.32 Å². The number of amides is 1.